The van der Waals surface area contributed by atoms with Crippen molar-refractivity contribution in [3.05, 3.63) is 35.9 Å². The Morgan fingerprint density at radius 1 is 1.21 bits per heavy atom. The van der Waals surface area contributed by atoms with Crippen LogP contribution in [-0.2, 0) is 19.2 Å². The lowest BCUT2D eigenvalue weighted by molar-refractivity contribution is -0.179. The van der Waals surface area contributed by atoms with Crippen LogP contribution in [0.1, 0.15) is 55.8 Å². The van der Waals surface area contributed by atoms with E-state index >= 15 is 0 Å². The second kappa shape index (κ2) is 11.6. The smallest absolute Gasteiger partial charge is 0.264 e. The highest BCUT2D eigenvalue weighted by atomic mass is 79.9. The lowest BCUT2D eigenvalue weighted by Gasteiger charge is -2.46. The lowest BCUT2D eigenvalue weighted by Crippen LogP contribution is -2.65. The Labute approximate surface area is 207 Å². The van der Waals surface area contributed by atoms with Crippen LogP contribution in [0.4, 0.5) is 0 Å². The topological polar surface area (TPSA) is 130 Å². The van der Waals surface area contributed by atoms with Gasteiger partial charge in [0, 0.05) is 24.9 Å². The van der Waals surface area contributed by atoms with Gasteiger partial charge in [-0.25, -0.2) is 5.01 Å². The molecule has 0 bridgehead atoms. The summed E-state index contributed by atoms with van der Waals surface area (Å²) in [5, 5.41) is 5.56. The van der Waals surface area contributed by atoms with Crippen LogP contribution in [0.3, 0.4) is 0 Å². The van der Waals surface area contributed by atoms with Crippen LogP contribution in [0.25, 0.3) is 0 Å². The standard InChI is InChI=1S/C24H31BrN4O5/c1-15(7-8-18(30)13-25)11-16-12-20(22(26)32)29-24(34)19(9-10-21(31)28(29)14-16)27-23(33)17-5-3-2-4-6-17/h2-6,15-16,19-20H,7-14H2,1H3,(H2,26,32)(H,27,33)/t15?,16?,19-,20-/m0/s1. The van der Waals surface area contributed by atoms with E-state index in [0.29, 0.717) is 43.1 Å². The van der Waals surface area contributed by atoms with Crippen molar-refractivity contribution in [3.63, 3.8) is 0 Å². The van der Waals surface area contributed by atoms with Crippen LogP contribution in [0.15, 0.2) is 30.3 Å². The van der Waals surface area contributed by atoms with Crippen molar-refractivity contribution >= 4 is 45.3 Å². The molecule has 2 fully saturated rings. The molecule has 2 heterocycles. The van der Waals surface area contributed by atoms with E-state index in [1.165, 1.54) is 10.0 Å². The highest BCUT2D eigenvalue weighted by Gasteiger charge is 2.46. The van der Waals surface area contributed by atoms with Gasteiger partial charge < -0.3 is 11.1 Å². The Bertz CT molecular complexity index is 941. The van der Waals surface area contributed by atoms with Gasteiger partial charge in [0.2, 0.25) is 11.8 Å². The van der Waals surface area contributed by atoms with E-state index in [0.717, 1.165) is 0 Å². The number of alkyl halides is 1. The first-order chi connectivity index (χ1) is 16.2. The van der Waals surface area contributed by atoms with Gasteiger partial charge in [-0.1, -0.05) is 41.1 Å². The zero-order chi connectivity index (χ0) is 24.8. The first kappa shape index (κ1) is 25.9. The molecule has 1 aromatic carbocycles. The fourth-order valence-electron chi connectivity index (χ4n) is 4.70. The van der Waals surface area contributed by atoms with Crippen LogP contribution in [0, 0.1) is 11.8 Å². The van der Waals surface area contributed by atoms with Crippen molar-refractivity contribution in [1.82, 2.24) is 15.3 Å². The minimum absolute atomic E-state index is 0.0324. The Hall–Kier alpha value is -2.75. The van der Waals surface area contributed by atoms with E-state index in [9.17, 15) is 24.0 Å². The van der Waals surface area contributed by atoms with Gasteiger partial charge in [-0.2, -0.15) is 0 Å². The summed E-state index contributed by atoms with van der Waals surface area (Å²) in [6, 6.07) is 6.59. The average molecular weight is 535 g/mol. The van der Waals surface area contributed by atoms with Crippen molar-refractivity contribution in [2.24, 2.45) is 17.6 Å². The van der Waals surface area contributed by atoms with Crippen LogP contribution < -0.4 is 11.1 Å². The maximum atomic E-state index is 13.4. The Kier molecular flexibility index (Phi) is 8.82. The molecule has 34 heavy (non-hydrogen) atoms. The number of hydrazine groups is 1. The van der Waals surface area contributed by atoms with Crippen LogP contribution in [0.5, 0.6) is 0 Å². The summed E-state index contributed by atoms with van der Waals surface area (Å²) >= 11 is 3.17. The Morgan fingerprint density at radius 2 is 1.91 bits per heavy atom. The number of benzene rings is 1. The van der Waals surface area contributed by atoms with E-state index in [1.54, 1.807) is 30.3 Å². The van der Waals surface area contributed by atoms with Crippen molar-refractivity contribution < 1.29 is 24.0 Å². The molecule has 2 saturated heterocycles. The minimum atomic E-state index is -0.971. The first-order valence-electron chi connectivity index (χ1n) is 11.6. The van der Waals surface area contributed by atoms with Gasteiger partial charge in [-0.15, -0.1) is 0 Å². The summed E-state index contributed by atoms with van der Waals surface area (Å²) in [6.45, 7) is 2.34. The van der Waals surface area contributed by atoms with Crippen molar-refractivity contribution in [1.29, 1.82) is 0 Å². The number of ketones is 1. The maximum Gasteiger partial charge on any atom is 0.264 e. The van der Waals surface area contributed by atoms with E-state index in [-0.39, 0.29) is 36.4 Å². The van der Waals surface area contributed by atoms with Gasteiger partial charge in [-0.3, -0.25) is 29.0 Å². The number of primary amides is 1. The molecule has 2 aliphatic rings. The monoisotopic (exact) mass is 534 g/mol. The number of nitrogens with zero attached hydrogens (tertiary/aromatic N) is 2. The summed E-state index contributed by atoms with van der Waals surface area (Å²) < 4.78 is 0. The molecule has 2 unspecified atom stereocenters. The zero-order valence-corrected chi connectivity index (χ0v) is 20.8. The normalized spacial score (nSPS) is 23.6. The number of hydrogen-bond donors (Lipinski definition) is 2. The minimum Gasteiger partial charge on any atom is -0.368 e. The number of Topliss-reactive ketones (excluding diaryl/α,β-unsaturated/α-hetero) is 1. The van der Waals surface area contributed by atoms with E-state index in [4.69, 9.17) is 5.73 Å². The van der Waals surface area contributed by atoms with Crippen molar-refractivity contribution in [2.45, 2.75) is 57.5 Å². The molecule has 3 N–H and O–H groups in total. The van der Waals surface area contributed by atoms with Gasteiger partial charge in [0.15, 0.2) is 0 Å². The quantitative estimate of drug-likeness (QED) is 0.466. The number of carbonyl (C=O) groups excluding carboxylic acids is 5. The lowest BCUT2D eigenvalue weighted by atomic mass is 9.85. The van der Waals surface area contributed by atoms with Gasteiger partial charge in [0.05, 0.1) is 5.33 Å². The van der Waals surface area contributed by atoms with Crippen LogP contribution in [0.2, 0.25) is 0 Å². The molecule has 184 valence electrons. The number of carbonyl (C=O) groups is 5. The SMILES string of the molecule is CC(CCC(=O)CBr)CC1C[C@@H](C(N)=O)N2C(=O)[C@@H](NC(=O)c3ccccc3)CCC(=O)N2C1. The molecule has 0 aromatic heterocycles. The summed E-state index contributed by atoms with van der Waals surface area (Å²) in [4.78, 5) is 63.0. The molecule has 2 aliphatic heterocycles. The van der Waals surface area contributed by atoms with E-state index in [2.05, 4.69) is 21.2 Å². The summed E-state index contributed by atoms with van der Waals surface area (Å²) in [6.07, 6.45) is 2.43. The van der Waals surface area contributed by atoms with Gasteiger partial charge in [0.25, 0.3) is 11.8 Å². The molecule has 10 heteroatoms. The molecule has 0 spiro atoms. The molecule has 0 radical (unpaired) electrons. The third kappa shape index (κ3) is 6.22. The molecule has 9 nitrogen and oxygen atoms in total. The predicted molar refractivity (Wildman–Crippen MR) is 128 cm³/mol. The fourth-order valence-corrected chi connectivity index (χ4v) is 4.98. The molecule has 0 saturated carbocycles. The van der Waals surface area contributed by atoms with Gasteiger partial charge in [-0.05, 0) is 49.7 Å². The fraction of sp³-hybridized carbons (Fsp3) is 0.542. The van der Waals surface area contributed by atoms with Gasteiger partial charge >= 0.3 is 0 Å². The zero-order valence-electron chi connectivity index (χ0n) is 19.2. The molecule has 4 atom stereocenters. The second-order valence-electron chi connectivity index (χ2n) is 9.16. The van der Waals surface area contributed by atoms with E-state index < -0.39 is 29.8 Å². The number of nitrogens with two attached hydrogens (primary N) is 1. The molecule has 4 amide bonds. The molecule has 1 aromatic rings. The predicted octanol–water partition coefficient (Wildman–Crippen LogP) is 1.80. The molecule has 0 aliphatic carbocycles. The third-order valence-corrected chi connectivity index (χ3v) is 7.10. The molecular formula is C24H31BrN4O5. The Morgan fingerprint density at radius 3 is 2.56 bits per heavy atom. The summed E-state index contributed by atoms with van der Waals surface area (Å²) in [7, 11) is 0. The highest BCUT2D eigenvalue weighted by Crippen LogP contribution is 2.32. The molecular weight excluding hydrogens is 504 g/mol. The Balaban J connectivity index is 1.74. The molecule has 3 rings (SSSR count). The van der Waals surface area contributed by atoms with Gasteiger partial charge in [0.1, 0.15) is 17.9 Å². The maximum absolute atomic E-state index is 13.4. The number of rotatable bonds is 9. The van der Waals surface area contributed by atoms with Crippen LogP contribution >= 0.6 is 15.9 Å². The average Bonchev–Trinajstić information content (AvgIpc) is 2.94. The van der Waals surface area contributed by atoms with Crippen LogP contribution in [-0.4, -0.2) is 63.4 Å². The van der Waals surface area contributed by atoms with Crippen molar-refractivity contribution in [3.8, 4) is 0 Å². The van der Waals surface area contributed by atoms with E-state index in [1.807, 2.05) is 6.92 Å². The number of hydrogen-bond acceptors (Lipinski definition) is 5. The highest BCUT2D eigenvalue weighted by molar-refractivity contribution is 9.09. The number of amides is 4. The third-order valence-electron chi connectivity index (χ3n) is 6.47. The summed E-state index contributed by atoms with van der Waals surface area (Å²) in [5.41, 5.74) is 6.08. The number of fused-ring (bicyclic) bond motifs is 1. The second-order valence-corrected chi connectivity index (χ2v) is 9.72. The summed E-state index contributed by atoms with van der Waals surface area (Å²) in [5.74, 6) is -1.58. The largest absolute Gasteiger partial charge is 0.368 e. The number of nitrogens with one attached hydrogen (secondary N) is 1. The van der Waals surface area contributed by atoms with Crippen molar-refractivity contribution in [2.75, 3.05) is 11.9 Å². The number of halogens is 1. The first-order valence-corrected chi connectivity index (χ1v) is 12.7.